The first kappa shape index (κ1) is 32.0. The van der Waals surface area contributed by atoms with Gasteiger partial charge in [-0.15, -0.1) is 0 Å². The fourth-order valence-electron chi connectivity index (χ4n) is 5.04. The monoisotopic (exact) mass is 653 g/mol. The predicted octanol–water partition coefficient (Wildman–Crippen LogP) is 5.25. The molecule has 0 aliphatic carbocycles. The van der Waals surface area contributed by atoms with E-state index in [0.717, 1.165) is 12.0 Å². The molecule has 5 rings (SSSR count). The molecule has 0 radical (unpaired) electrons. The number of hydrogen-bond donors (Lipinski definition) is 5. The van der Waals surface area contributed by atoms with E-state index in [1.807, 2.05) is 12.1 Å². The highest BCUT2D eigenvalue weighted by molar-refractivity contribution is 6.39. The topological polar surface area (TPSA) is 164 Å². The lowest BCUT2D eigenvalue weighted by atomic mass is 10.0. The van der Waals surface area contributed by atoms with Gasteiger partial charge >= 0.3 is 5.97 Å². The molecule has 1 aliphatic heterocycles. The third-order valence-electron chi connectivity index (χ3n) is 7.31. The Bertz CT molecular complexity index is 1740. The fourth-order valence-corrected chi connectivity index (χ4v) is 5.61. The van der Waals surface area contributed by atoms with Crippen molar-refractivity contribution >= 4 is 46.6 Å². The van der Waals surface area contributed by atoms with E-state index in [1.165, 1.54) is 19.4 Å². The number of nitrogens with zero attached hydrogens (tertiary/aromatic N) is 3. The van der Waals surface area contributed by atoms with Gasteiger partial charge in [0, 0.05) is 66.2 Å². The number of amides is 1. The molecule has 14 heteroatoms. The molecule has 2 unspecified atom stereocenters. The van der Waals surface area contributed by atoms with Gasteiger partial charge in [0.05, 0.1) is 40.7 Å². The molecular weight excluding hydrogens is 624 g/mol. The molecule has 1 aromatic carbocycles. The normalized spacial score (nSPS) is 15.0. The van der Waals surface area contributed by atoms with E-state index >= 15 is 4.39 Å². The molecule has 0 bridgehead atoms. The molecule has 3 aromatic heterocycles. The van der Waals surface area contributed by atoms with Gasteiger partial charge in [-0.25, -0.2) is 14.4 Å². The minimum atomic E-state index is -1.15. The third kappa shape index (κ3) is 7.31. The summed E-state index contributed by atoms with van der Waals surface area (Å²) in [6.45, 7) is 1.13. The number of aliphatic carboxylic acids is 1. The third-order valence-corrected chi connectivity index (χ3v) is 8.10. The molecule has 4 aromatic rings. The van der Waals surface area contributed by atoms with Crippen molar-refractivity contribution in [3.8, 4) is 28.4 Å². The Kier molecular flexibility index (Phi) is 10.1. The molecule has 1 fully saturated rings. The van der Waals surface area contributed by atoms with E-state index in [0.29, 0.717) is 58.6 Å². The van der Waals surface area contributed by atoms with E-state index in [2.05, 4.69) is 30.9 Å². The lowest BCUT2D eigenvalue weighted by Crippen LogP contribution is -2.35. The van der Waals surface area contributed by atoms with Gasteiger partial charge in [-0.1, -0.05) is 41.4 Å². The summed E-state index contributed by atoms with van der Waals surface area (Å²) in [5.74, 6) is -1.61. The minimum Gasteiger partial charge on any atom is -0.481 e. The number of hydrogen-bond acceptors (Lipinski definition) is 9. The maximum atomic E-state index is 15.3. The summed E-state index contributed by atoms with van der Waals surface area (Å²) in [6.07, 6.45) is 3.82. The van der Waals surface area contributed by atoms with Gasteiger partial charge in [-0.05, 0) is 30.7 Å². The summed E-state index contributed by atoms with van der Waals surface area (Å²) >= 11 is 13.7. The van der Waals surface area contributed by atoms with Gasteiger partial charge in [0.2, 0.25) is 11.8 Å². The van der Waals surface area contributed by atoms with Crippen LogP contribution in [0.25, 0.3) is 22.5 Å². The highest BCUT2D eigenvalue weighted by atomic mass is 35.5. The summed E-state index contributed by atoms with van der Waals surface area (Å²) in [4.78, 5) is 35.7. The first-order valence-electron chi connectivity index (χ1n) is 14.0. The standard InChI is InChI=1S/C31H30Cl2FN7O4/c1-45-31-16(14-36-15-17-6-8-24(42)39-17)5-7-22(41-31)19-10-11-37-29(27(19)33)20-3-2-4-23(26(20)32)40-30-28(34)18(9-12-38-30)21(35)13-25(43)44/h2-5,7,9-12,17,21,36H,6,8,13-15,35H2,1H3,(H,38,40)(H,39,42)(H,43,44). The van der Waals surface area contributed by atoms with Crippen LogP contribution < -0.4 is 26.4 Å². The number of ether oxygens (including phenoxy) is 1. The SMILES string of the molecule is COc1nc(-c2ccnc(-c3cccc(Nc4nccc(C(N)CC(=O)O)c4F)c3Cl)c2Cl)ccc1CNCC1CCC(=O)N1. The smallest absolute Gasteiger partial charge is 0.305 e. The number of carboxylic acid groups (broad SMARTS) is 1. The maximum Gasteiger partial charge on any atom is 0.305 e. The molecule has 0 saturated carbocycles. The minimum absolute atomic E-state index is 0.00614. The molecule has 1 saturated heterocycles. The Morgan fingerprint density at radius 3 is 2.69 bits per heavy atom. The maximum absolute atomic E-state index is 15.3. The Labute approximate surface area is 268 Å². The van der Waals surface area contributed by atoms with Crippen molar-refractivity contribution in [1.29, 1.82) is 0 Å². The molecule has 234 valence electrons. The van der Waals surface area contributed by atoms with Gasteiger partial charge in [0.15, 0.2) is 11.6 Å². The summed E-state index contributed by atoms with van der Waals surface area (Å²) < 4.78 is 20.8. The van der Waals surface area contributed by atoms with Gasteiger partial charge in [0.1, 0.15) is 0 Å². The number of halogens is 3. The van der Waals surface area contributed by atoms with Crippen LogP contribution in [-0.2, 0) is 16.1 Å². The van der Waals surface area contributed by atoms with Gasteiger partial charge < -0.3 is 31.5 Å². The molecule has 45 heavy (non-hydrogen) atoms. The molecular formula is C31H30Cl2FN7O4. The highest BCUT2D eigenvalue weighted by Gasteiger charge is 2.22. The van der Waals surface area contributed by atoms with Crippen LogP contribution in [0.15, 0.2) is 54.9 Å². The Hall–Kier alpha value is -4.36. The van der Waals surface area contributed by atoms with E-state index in [4.69, 9.17) is 38.8 Å². The number of carbonyl (C=O) groups is 2. The Morgan fingerprint density at radius 2 is 1.96 bits per heavy atom. The van der Waals surface area contributed by atoms with Gasteiger partial charge in [-0.3, -0.25) is 14.6 Å². The van der Waals surface area contributed by atoms with Crippen molar-refractivity contribution in [2.45, 2.75) is 37.9 Å². The molecule has 2 atom stereocenters. The number of carbonyl (C=O) groups excluding carboxylic acids is 1. The second kappa shape index (κ2) is 14.2. The zero-order chi connectivity index (χ0) is 32.1. The summed E-state index contributed by atoms with van der Waals surface area (Å²) in [5, 5.41) is 18.7. The van der Waals surface area contributed by atoms with Crippen molar-refractivity contribution < 1.29 is 23.8 Å². The Balaban J connectivity index is 1.38. The summed E-state index contributed by atoms with van der Waals surface area (Å²) in [6, 6.07) is 10.9. The average Bonchev–Trinajstić information content (AvgIpc) is 3.44. The highest BCUT2D eigenvalue weighted by Crippen LogP contribution is 2.41. The van der Waals surface area contributed by atoms with Crippen LogP contribution in [0.2, 0.25) is 10.0 Å². The quantitative estimate of drug-likeness (QED) is 0.136. The number of benzene rings is 1. The molecule has 0 spiro atoms. The zero-order valence-electron chi connectivity index (χ0n) is 24.1. The van der Waals surface area contributed by atoms with Crippen LogP contribution in [0.5, 0.6) is 5.88 Å². The van der Waals surface area contributed by atoms with E-state index in [1.54, 1.807) is 30.5 Å². The van der Waals surface area contributed by atoms with Crippen LogP contribution in [-0.4, -0.2) is 51.6 Å². The number of pyridine rings is 3. The fraction of sp³-hybridized carbons (Fsp3) is 0.258. The Morgan fingerprint density at radius 1 is 1.16 bits per heavy atom. The lowest BCUT2D eigenvalue weighted by molar-refractivity contribution is -0.137. The van der Waals surface area contributed by atoms with Gasteiger partial charge in [0.25, 0.3) is 0 Å². The number of nitrogens with one attached hydrogen (secondary N) is 3. The van der Waals surface area contributed by atoms with Crippen LogP contribution >= 0.6 is 23.2 Å². The molecule has 1 aliphatic rings. The number of carboxylic acids is 1. The average molecular weight is 655 g/mol. The number of nitrogens with two attached hydrogens (primary N) is 1. The summed E-state index contributed by atoms with van der Waals surface area (Å²) in [5.41, 5.74) is 9.05. The van der Waals surface area contributed by atoms with Crippen LogP contribution in [0.4, 0.5) is 15.9 Å². The van der Waals surface area contributed by atoms with E-state index in [9.17, 15) is 9.59 Å². The number of aromatic nitrogens is 3. The zero-order valence-corrected chi connectivity index (χ0v) is 25.6. The van der Waals surface area contributed by atoms with E-state index < -0.39 is 24.2 Å². The first-order chi connectivity index (χ1) is 21.7. The van der Waals surface area contributed by atoms with Crippen LogP contribution in [0, 0.1) is 5.82 Å². The molecule has 11 nitrogen and oxygen atoms in total. The molecule has 1 amide bonds. The lowest BCUT2D eigenvalue weighted by Gasteiger charge is -2.16. The van der Waals surface area contributed by atoms with Crippen LogP contribution in [0.3, 0.4) is 0 Å². The number of anilines is 2. The first-order valence-corrected chi connectivity index (χ1v) is 14.8. The molecule has 4 heterocycles. The summed E-state index contributed by atoms with van der Waals surface area (Å²) in [7, 11) is 1.54. The second-order valence-corrected chi connectivity index (χ2v) is 11.1. The second-order valence-electron chi connectivity index (χ2n) is 10.4. The largest absolute Gasteiger partial charge is 0.481 e. The predicted molar refractivity (Wildman–Crippen MR) is 169 cm³/mol. The number of rotatable bonds is 12. The van der Waals surface area contributed by atoms with Gasteiger partial charge in [-0.2, -0.15) is 0 Å². The van der Waals surface area contributed by atoms with Crippen molar-refractivity contribution in [3.05, 3.63) is 81.8 Å². The van der Waals surface area contributed by atoms with Crippen LogP contribution in [0.1, 0.15) is 36.4 Å². The van der Waals surface area contributed by atoms with Crippen molar-refractivity contribution in [1.82, 2.24) is 25.6 Å². The van der Waals surface area contributed by atoms with E-state index in [-0.39, 0.29) is 28.4 Å². The van der Waals surface area contributed by atoms with Crippen molar-refractivity contribution in [3.63, 3.8) is 0 Å². The van der Waals surface area contributed by atoms with Crippen molar-refractivity contribution in [2.24, 2.45) is 5.73 Å². The van der Waals surface area contributed by atoms with Crippen molar-refractivity contribution in [2.75, 3.05) is 19.0 Å². The number of methoxy groups -OCH3 is 1. The molecule has 6 N–H and O–H groups in total.